The summed E-state index contributed by atoms with van der Waals surface area (Å²) in [6.45, 7) is 0. The van der Waals surface area contributed by atoms with Crippen LogP contribution < -0.4 is 0 Å². The number of rotatable bonds is 1. The van der Waals surface area contributed by atoms with Gasteiger partial charge in [-0.3, -0.25) is 9.78 Å². The summed E-state index contributed by atoms with van der Waals surface area (Å²) in [6.07, 6.45) is 2.46. The highest BCUT2D eigenvalue weighted by Gasteiger charge is 1.97. The average Bonchev–Trinajstić information content (AvgIpc) is 2.20. The Morgan fingerprint density at radius 3 is 3.14 bits per heavy atom. The van der Waals surface area contributed by atoms with E-state index >= 15 is 0 Å². The first kappa shape index (κ1) is 10.2. The first-order chi connectivity index (χ1) is 6.74. The number of aromatic nitrogens is 1. The Morgan fingerprint density at radius 1 is 1.71 bits per heavy atom. The Labute approximate surface area is 80.9 Å². The number of carbonyl (C=O) groups excluding carboxylic acids is 1. The maximum absolute atomic E-state index is 12.9. The molecule has 1 rings (SSSR count). The number of nitrogens with zero attached hydrogens (tertiary/aromatic N) is 1. The van der Waals surface area contributed by atoms with E-state index in [9.17, 15) is 9.18 Å². The molecule has 1 aromatic heterocycles. The van der Waals surface area contributed by atoms with Gasteiger partial charge in [0, 0.05) is 6.20 Å². The van der Waals surface area contributed by atoms with Crippen molar-refractivity contribution in [2.45, 2.75) is 6.42 Å². The molecule has 1 heterocycles. The molecule has 4 heteroatoms. The second kappa shape index (κ2) is 4.97. The molecule has 0 aliphatic carbocycles. The molecule has 0 unspecified atom stereocenters. The van der Waals surface area contributed by atoms with Crippen LogP contribution in [-0.2, 0) is 9.53 Å². The number of esters is 1. The average molecular weight is 193 g/mol. The second-order valence-corrected chi connectivity index (χ2v) is 2.41. The second-order valence-electron chi connectivity index (χ2n) is 2.41. The third-order valence-electron chi connectivity index (χ3n) is 1.46. The topological polar surface area (TPSA) is 39.2 Å². The summed E-state index contributed by atoms with van der Waals surface area (Å²) in [5.74, 6) is 4.08. The largest absolute Gasteiger partial charge is 0.468 e. The van der Waals surface area contributed by atoms with Crippen molar-refractivity contribution in [3.63, 3.8) is 0 Å². The van der Waals surface area contributed by atoms with Crippen LogP contribution in [0.25, 0.3) is 0 Å². The lowest BCUT2D eigenvalue weighted by Gasteiger charge is -1.91. The van der Waals surface area contributed by atoms with Gasteiger partial charge < -0.3 is 4.74 Å². The highest BCUT2D eigenvalue weighted by Crippen LogP contribution is 2.01. The molecule has 0 spiro atoms. The van der Waals surface area contributed by atoms with Crippen molar-refractivity contribution in [2.24, 2.45) is 0 Å². The third kappa shape index (κ3) is 2.87. The van der Waals surface area contributed by atoms with Crippen molar-refractivity contribution in [3.8, 4) is 11.8 Å². The molecule has 0 amide bonds. The van der Waals surface area contributed by atoms with Crippen LogP contribution in [-0.4, -0.2) is 18.1 Å². The standard InChI is InChI=1S/C10H8FNO2/c1-14-10(13)4-2-3-8-5-6-12-7-9(8)11/h5-7H,4H2,1H3. The molecule has 0 saturated carbocycles. The van der Waals surface area contributed by atoms with E-state index in [0.29, 0.717) is 0 Å². The monoisotopic (exact) mass is 193 g/mol. The number of pyridine rings is 1. The molecule has 3 nitrogen and oxygen atoms in total. The quantitative estimate of drug-likeness (QED) is 0.496. The van der Waals surface area contributed by atoms with Gasteiger partial charge in [0.05, 0.1) is 18.9 Å². The molecule has 14 heavy (non-hydrogen) atoms. The molecule has 0 bridgehead atoms. The Kier molecular flexibility index (Phi) is 3.62. The van der Waals surface area contributed by atoms with E-state index in [1.165, 1.54) is 19.4 Å². The summed E-state index contributed by atoms with van der Waals surface area (Å²) in [4.78, 5) is 14.2. The van der Waals surface area contributed by atoms with Gasteiger partial charge in [-0.15, -0.1) is 0 Å². The van der Waals surface area contributed by atoms with Crippen LogP contribution in [0.1, 0.15) is 12.0 Å². The molecule has 0 aliphatic heterocycles. The molecule has 0 aliphatic rings. The molecule has 0 radical (unpaired) electrons. The van der Waals surface area contributed by atoms with Gasteiger partial charge in [-0.25, -0.2) is 4.39 Å². The van der Waals surface area contributed by atoms with E-state index in [0.717, 1.165) is 6.20 Å². The van der Waals surface area contributed by atoms with Crippen molar-refractivity contribution in [1.82, 2.24) is 4.98 Å². The Balaban J connectivity index is 2.68. The fourth-order valence-electron chi connectivity index (χ4n) is 0.760. The fourth-order valence-corrected chi connectivity index (χ4v) is 0.760. The van der Waals surface area contributed by atoms with Crippen LogP contribution in [0.4, 0.5) is 4.39 Å². The predicted molar refractivity (Wildman–Crippen MR) is 47.7 cm³/mol. The van der Waals surface area contributed by atoms with Gasteiger partial charge in [0.1, 0.15) is 6.42 Å². The third-order valence-corrected chi connectivity index (χ3v) is 1.46. The Morgan fingerprint density at radius 2 is 2.50 bits per heavy atom. The maximum atomic E-state index is 12.9. The number of hydrogen-bond acceptors (Lipinski definition) is 3. The summed E-state index contributed by atoms with van der Waals surface area (Å²) in [5.41, 5.74) is 0.226. The van der Waals surface area contributed by atoms with Gasteiger partial charge in [-0.2, -0.15) is 0 Å². The minimum absolute atomic E-state index is 0.0434. The Hall–Kier alpha value is -1.89. The zero-order chi connectivity index (χ0) is 10.4. The highest BCUT2D eigenvalue weighted by molar-refractivity contribution is 5.72. The molecule has 0 atom stereocenters. The van der Waals surface area contributed by atoms with Gasteiger partial charge in [-0.1, -0.05) is 11.8 Å². The number of methoxy groups -OCH3 is 1. The number of hydrogen-bond donors (Lipinski definition) is 0. The number of ether oxygens (including phenoxy) is 1. The minimum Gasteiger partial charge on any atom is -0.468 e. The van der Waals surface area contributed by atoms with Gasteiger partial charge in [0.15, 0.2) is 5.82 Å². The SMILES string of the molecule is COC(=O)CC#Cc1ccncc1F. The van der Waals surface area contributed by atoms with E-state index in [2.05, 4.69) is 21.6 Å². The van der Waals surface area contributed by atoms with Crippen molar-refractivity contribution in [2.75, 3.05) is 7.11 Å². The lowest BCUT2D eigenvalue weighted by atomic mass is 10.2. The summed E-state index contributed by atoms with van der Waals surface area (Å²) in [5, 5.41) is 0. The van der Waals surface area contributed by atoms with Gasteiger partial charge in [-0.05, 0) is 6.07 Å². The van der Waals surface area contributed by atoms with Gasteiger partial charge in [0.2, 0.25) is 0 Å². The van der Waals surface area contributed by atoms with E-state index in [1.54, 1.807) is 0 Å². The predicted octanol–water partition coefficient (Wildman–Crippen LogP) is 1.14. The summed E-state index contributed by atoms with van der Waals surface area (Å²) in [7, 11) is 1.27. The van der Waals surface area contributed by atoms with E-state index < -0.39 is 11.8 Å². The Bertz CT molecular complexity index is 393. The van der Waals surface area contributed by atoms with Crippen LogP contribution in [0.15, 0.2) is 18.5 Å². The van der Waals surface area contributed by atoms with E-state index in [1.807, 2.05) is 0 Å². The van der Waals surface area contributed by atoms with Crippen LogP contribution in [0.2, 0.25) is 0 Å². The zero-order valence-corrected chi connectivity index (χ0v) is 7.58. The van der Waals surface area contributed by atoms with Crippen molar-refractivity contribution in [1.29, 1.82) is 0 Å². The first-order valence-corrected chi connectivity index (χ1v) is 3.89. The zero-order valence-electron chi connectivity index (χ0n) is 7.58. The van der Waals surface area contributed by atoms with Crippen molar-refractivity contribution in [3.05, 3.63) is 29.8 Å². The minimum atomic E-state index is -0.495. The van der Waals surface area contributed by atoms with E-state index in [4.69, 9.17) is 0 Å². The van der Waals surface area contributed by atoms with Crippen LogP contribution in [0, 0.1) is 17.7 Å². The fraction of sp³-hybridized carbons (Fsp3) is 0.200. The lowest BCUT2D eigenvalue weighted by Crippen LogP contribution is -1.97. The van der Waals surface area contributed by atoms with Crippen LogP contribution >= 0.6 is 0 Å². The molecule has 0 saturated heterocycles. The van der Waals surface area contributed by atoms with Gasteiger partial charge >= 0.3 is 5.97 Å². The molecular weight excluding hydrogens is 185 g/mol. The maximum Gasteiger partial charge on any atom is 0.317 e. The molecular formula is C10H8FNO2. The van der Waals surface area contributed by atoms with Crippen LogP contribution in [0.5, 0.6) is 0 Å². The summed E-state index contributed by atoms with van der Waals surface area (Å²) in [6, 6.07) is 1.44. The lowest BCUT2D eigenvalue weighted by molar-refractivity contribution is -0.139. The van der Waals surface area contributed by atoms with Gasteiger partial charge in [0.25, 0.3) is 0 Å². The summed E-state index contributed by atoms with van der Waals surface area (Å²) < 4.78 is 17.3. The highest BCUT2D eigenvalue weighted by atomic mass is 19.1. The number of halogens is 1. The molecule has 0 N–H and O–H groups in total. The normalized spacial score (nSPS) is 8.71. The smallest absolute Gasteiger partial charge is 0.317 e. The van der Waals surface area contributed by atoms with Crippen LogP contribution in [0.3, 0.4) is 0 Å². The van der Waals surface area contributed by atoms with Crippen molar-refractivity contribution < 1.29 is 13.9 Å². The number of carbonyl (C=O) groups is 1. The van der Waals surface area contributed by atoms with Crippen molar-refractivity contribution >= 4 is 5.97 Å². The summed E-state index contributed by atoms with van der Waals surface area (Å²) >= 11 is 0. The molecule has 0 fully saturated rings. The molecule has 72 valence electrons. The first-order valence-electron chi connectivity index (χ1n) is 3.89. The molecule has 0 aromatic carbocycles. The van der Waals surface area contributed by atoms with E-state index in [-0.39, 0.29) is 12.0 Å². The molecule has 1 aromatic rings.